The van der Waals surface area contributed by atoms with Gasteiger partial charge in [-0.25, -0.2) is 13.6 Å². The van der Waals surface area contributed by atoms with Crippen LogP contribution in [0.4, 0.5) is 0 Å². The number of sulfonamides is 1. The van der Waals surface area contributed by atoms with E-state index in [9.17, 15) is 23.1 Å². The first-order valence-corrected chi connectivity index (χ1v) is 9.30. The van der Waals surface area contributed by atoms with Gasteiger partial charge in [0, 0.05) is 6.54 Å². The molecule has 0 spiro atoms. The van der Waals surface area contributed by atoms with Crippen molar-refractivity contribution < 1.29 is 23.1 Å². The van der Waals surface area contributed by atoms with Gasteiger partial charge in [0.1, 0.15) is 0 Å². The Morgan fingerprint density at radius 3 is 2.12 bits per heavy atom. The Labute approximate surface area is 150 Å². The van der Waals surface area contributed by atoms with Gasteiger partial charge in [-0.1, -0.05) is 42.5 Å². The molecule has 0 radical (unpaired) electrons. The fourth-order valence-corrected chi connectivity index (χ4v) is 3.23. The van der Waals surface area contributed by atoms with Crippen LogP contribution in [0.3, 0.4) is 0 Å². The van der Waals surface area contributed by atoms with Crippen molar-refractivity contribution in [3.8, 4) is 0 Å². The molecule has 0 saturated heterocycles. The molecule has 2 aromatic rings. The third-order valence-electron chi connectivity index (χ3n) is 4.08. The molecule has 2 amide bonds. The number of benzene rings is 2. The van der Waals surface area contributed by atoms with Crippen molar-refractivity contribution in [2.75, 3.05) is 6.54 Å². The van der Waals surface area contributed by atoms with Gasteiger partial charge in [0.15, 0.2) is 5.76 Å². The van der Waals surface area contributed by atoms with Crippen LogP contribution in [0.25, 0.3) is 5.57 Å². The van der Waals surface area contributed by atoms with Gasteiger partial charge in [-0.2, -0.15) is 0 Å². The largest absolute Gasteiger partial charge is 0.502 e. The van der Waals surface area contributed by atoms with Gasteiger partial charge < -0.3 is 5.11 Å². The van der Waals surface area contributed by atoms with E-state index in [4.69, 9.17) is 5.14 Å². The molecule has 2 aromatic carbocycles. The van der Waals surface area contributed by atoms with Crippen molar-refractivity contribution in [1.29, 1.82) is 0 Å². The summed E-state index contributed by atoms with van der Waals surface area (Å²) in [6.45, 7) is 0.0623. The molecule has 8 heteroatoms. The molecule has 1 aliphatic heterocycles. The van der Waals surface area contributed by atoms with Gasteiger partial charge in [0.25, 0.3) is 11.8 Å². The number of rotatable bonds is 5. The van der Waals surface area contributed by atoms with Gasteiger partial charge in [0.2, 0.25) is 10.0 Å². The van der Waals surface area contributed by atoms with Crippen LogP contribution in [0, 0.1) is 0 Å². The highest BCUT2D eigenvalue weighted by atomic mass is 32.2. The van der Waals surface area contributed by atoms with E-state index in [0.717, 1.165) is 10.5 Å². The maximum atomic E-state index is 12.5. The average Bonchev–Trinajstić information content (AvgIpc) is 2.83. The van der Waals surface area contributed by atoms with Crippen LogP contribution in [0.1, 0.15) is 11.1 Å². The normalized spacial score (nSPS) is 15.0. The van der Waals surface area contributed by atoms with Crippen LogP contribution in [0.5, 0.6) is 0 Å². The number of hydrogen-bond donors (Lipinski definition) is 2. The van der Waals surface area contributed by atoms with E-state index in [2.05, 4.69) is 0 Å². The molecule has 3 rings (SSSR count). The van der Waals surface area contributed by atoms with E-state index in [-0.39, 0.29) is 17.0 Å². The van der Waals surface area contributed by atoms with Crippen molar-refractivity contribution in [3.05, 3.63) is 71.5 Å². The standard InChI is InChI=1S/C18H16N2O5S/c19-26(24,25)14-8-6-12(7-9-14)10-11-20-17(22)15(16(21)18(20)23)13-4-2-1-3-5-13/h1-9,21H,10-11H2,(H2,19,24,25). The number of aliphatic hydroxyl groups excluding tert-OH is 1. The van der Waals surface area contributed by atoms with Gasteiger partial charge in [-0.3, -0.25) is 14.5 Å². The Morgan fingerprint density at radius 2 is 1.54 bits per heavy atom. The Kier molecular flexibility index (Phi) is 4.62. The number of primary sulfonamides is 1. The Balaban J connectivity index is 1.74. The molecule has 26 heavy (non-hydrogen) atoms. The van der Waals surface area contributed by atoms with Gasteiger partial charge in [-0.05, 0) is 29.7 Å². The lowest BCUT2D eigenvalue weighted by atomic mass is 10.1. The lowest BCUT2D eigenvalue weighted by Crippen LogP contribution is -2.33. The van der Waals surface area contributed by atoms with E-state index in [1.54, 1.807) is 42.5 Å². The van der Waals surface area contributed by atoms with E-state index < -0.39 is 27.6 Å². The third kappa shape index (κ3) is 3.37. The number of nitrogens with zero attached hydrogens (tertiary/aromatic N) is 1. The molecule has 0 fully saturated rings. The first-order chi connectivity index (χ1) is 12.3. The topological polar surface area (TPSA) is 118 Å². The first-order valence-electron chi connectivity index (χ1n) is 7.75. The van der Waals surface area contributed by atoms with Gasteiger partial charge >= 0.3 is 0 Å². The Morgan fingerprint density at radius 1 is 0.923 bits per heavy atom. The first kappa shape index (κ1) is 17.8. The van der Waals surface area contributed by atoms with Crippen molar-refractivity contribution in [2.24, 2.45) is 5.14 Å². The van der Waals surface area contributed by atoms with Crippen molar-refractivity contribution in [2.45, 2.75) is 11.3 Å². The summed E-state index contributed by atoms with van der Waals surface area (Å²) in [6.07, 6.45) is 0.317. The number of imide groups is 1. The van der Waals surface area contributed by atoms with Crippen LogP contribution in [-0.2, 0) is 26.0 Å². The summed E-state index contributed by atoms with van der Waals surface area (Å²) >= 11 is 0. The zero-order valence-corrected chi connectivity index (χ0v) is 14.4. The monoisotopic (exact) mass is 372 g/mol. The molecule has 7 nitrogen and oxygen atoms in total. The highest BCUT2D eigenvalue weighted by molar-refractivity contribution is 7.89. The second-order valence-electron chi connectivity index (χ2n) is 5.79. The number of hydrogen-bond acceptors (Lipinski definition) is 5. The van der Waals surface area contributed by atoms with E-state index in [1.807, 2.05) is 0 Å². The highest BCUT2D eigenvalue weighted by Gasteiger charge is 2.38. The molecule has 0 saturated carbocycles. The molecule has 0 atom stereocenters. The molecule has 0 aromatic heterocycles. The quantitative estimate of drug-likeness (QED) is 0.765. The molecular formula is C18H16N2O5S. The summed E-state index contributed by atoms with van der Waals surface area (Å²) in [6, 6.07) is 14.3. The lowest BCUT2D eigenvalue weighted by Gasteiger charge is -2.14. The maximum Gasteiger partial charge on any atom is 0.296 e. The van der Waals surface area contributed by atoms with Crippen molar-refractivity contribution >= 4 is 27.4 Å². The van der Waals surface area contributed by atoms with Gasteiger partial charge in [0.05, 0.1) is 10.5 Å². The zero-order valence-electron chi connectivity index (χ0n) is 13.6. The minimum atomic E-state index is -3.77. The zero-order chi connectivity index (χ0) is 18.9. The summed E-state index contributed by atoms with van der Waals surface area (Å²) in [5, 5.41) is 15.1. The minimum absolute atomic E-state index is 0.0137. The molecule has 134 valence electrons. The molecule has 3 N–H and O–H groups in total. The lowest BCUT2D eigenvalue weighted by molar-refractivity contribution is -0.138. The molecule has 1 heterocycles. The van der Waals surface area contributed by atoms with Crippen LogP contribution in [-0.4, -0.2) is 36.8 Å². The van der Waals surface area contributed by atoms with Crippen LogP contribution in [0.2, 0.25) is 0 Å². The Hall–Kier alpha value is -2.97. The number of carbonyl (C=O) groups excluding carboxylic acids is 2. The minimum Gasteiger partial charge on any atom is -0.502 e. The molecule has 0 unspecified atom stereocenters. The third-order valence-corrected chi connectivity index (χ3v) is 5.01. The molecular weight excluding hydrogens is 356 g/mol. The molecule has 0 aliphatic carbocycles. The Bertz CT molecular complexity index is 996. The molecule has 1 aliphatic rings. The fraction of sp³-hybridized carbons (Fsp3) is 0.111. The smallest absolute Gasteiger partial charge is 0.296 e. The molecule has 0 bridgehead atoms. The average molecular weight is 372 g/mol. The van der Waals surface area contributed by atoms with E-state index in [1.165, 1.54) is 12.1 Å². The van der Waals surface area contributed by atoms with Crippen LogP contribution < -0.4 is 5.14 Å². The summed E-state index contributed by atoms with van der Waals surface area (Å²) in [5.74, 6) is -1.86. The number of aliphatic hydroxyl groups is 1. The number of amides is 2. The summed E-state index contributed by atoms with van der Waals surface area (Å²) < 4.78 is 22.5. The number of carbonyl (C=O) groups is 2. The van der Waals surface area contributed by atoms with Crippen LogP contribution in [0.15, 0.2) is 65.3 Å². The summed E-state index contributed by atoms with van der Waals surface area (Å²) in [5.41, 5.74) is 1.19. The second-order valence-corrected chi connectivity index (χ2v) is 7.35. The fourth-order valence-electron chi connectivity index (χ4n) is 2.72. The van der Waals surface area contributed by atoms with Crippen LogP contribution >= 0.6 is 0 Å². The van der Waals surface area contributed by atoms with E-state index in [0.29, 0.717) is 12.0 Å². The predicted octanol–water partition coefficient (Wildman–Crippen LogP) is 1.21. The summed E-state index contributed by atoms with van der Waals surface area (Å²) in [4.78, 5) is 25.7. The predicted molar refractivity (Wildman–Crippen MR) is 94.2 cm³/mol. The SMILES string of the molecule is NS(=O)(=O)c1ccc(CCN2C(=O)C(O)=C(c3ccccc3)C2=O)cc1. The number of nitrogens with two attached hydrogens (primary N) is 1. The van der Waals surface area contributed by atoms with E-state index >= 15 is 0 Å². The highest BCUT2D eigenvalue weighted by Crippen LogP contribution is 2.27. The van der Waals surface area contributed by atoms with Gasteiger partial charge in [-0.15, -0.1) is 0 Å². The van der Waals surface area contributed by atoms with Crippen molar-refractivity contribution in [1.82, 2.24) is 4.90 Å². The second kappa shape index (κ2) is 6.74. The maximum absolute atomic E-state index is 12.5. The summed E-state index contributed by atoms with van der Waals surface area (Å²) in [7, 11) is -3.77. The van der Waals surface area contributed by atoms with Crippen molar-refractivity contribution in [3.63, 3.8) is 0 Å².